The van der Waals surface area contributed by atoms with Crippen LogP contribution in [-0.4, -0.2) is 73.0 Å². The average Bonchev–Trinajstić information content (AvgIpc) is 3.12. The van der Waals surface area contributed by atoms with Crippen molar-refractivity contribution in [3.63, 3.8) is 0 Å². The minimum absolute atomic E-state index is 0.0354. The standard InChI is InChI=1S/C14H19N7O2S/c1-11-16-12(9-24-11)7-13(22)19-3-2-4-20(6-5-19)14(23)8-21-10-15-17-18-21/h9-10H,2-8H2,1H3. The maximum atomic E-state index is 12.4. The van der Waals surface area contributed by atoms with E-state index in [9.17, 15) is 9.59 Å². The predicted octanol–water partition coefficient (Wildman–Crippen LogP) is -0.258. The van der Waals surface area contributed by atoms with Gasteiger partial charge in [-0.15, -0.1) is 16.4 Å². The van der Waals surface area contributed by atoms with Crippen molar-refractivity contribution in [2.75, 3.05) is 26.2 Å². The number of carbonyl (C=O) groups excluding carboxylic acids is 2. The van der Waals surface area contributed by atoms with Gasteiger partial charge in [0, 0.05) is 31.6 Å². The number of aryl methyl sites for hydroxylation is 1. The Balaban J connectivity index is 1.52. The molecule has 1 aliphatic rings. The van der Waals surface area contributed by atoms with Gasteiger partial charge in [-0.2, -0.15) is 0 Å². The van der Waals surface area contributed by atoms with Crippen LogP contribution < -0.4 is 0 Å². The summed E-state index contributed by atoms with van der Waals surface area (Å²) in [5.41, 5.74) is 0.818. The third-order valence-electron chi connectivity index (χ3n) is 3.89. The molecule has 0 bridgehead atoms. The lowest BCUT2D eigenvalue weighted by Crippen LogP contribution is -2.39. The number of nitrogens with zero attached hydrogens (tertiary/aromatic N) is 7. The van der Waals surface area contributed by atoms with Crippen molar-refractivity contribution in [1.82, 2.24) is 35.0 Å². The molecule has 1 fully saturated rings. The van der Waals surface area contributed by atoms with E-state index in [0.29, 0.717) is 32.6 Å². The Kier molecular flexibility index (Phi) is 5.14. The Hall–Kier alpha value is -2.36. The highest BCUT2D eigenvalue weighted by Gasteiger charge is 2.22. The van der Waals surface area contributed by atoms with Gasteiger partial charge in [0.25, 0.3) is 0 Å². The number of aromatic nitrogens is 5. The van der Waals surface area contributed by atoms with Crippen LogP contribution in [0.1, 0.15) is 17.1 Å². The Morgan fingerprint density at radius 3 is 2.54 bits per heavy atom. The molecule has 0 saturated carbocycles. The SMILES string of the molecule is Cc1nc(CC(=O)N2CCCN(C(=O)Cn3cnnn3)CC2)cs1. The molecule has 2 amide bonds. The number of hydrogen-bond donors (Lipinski definition) is 0. The molecular weight excluding hydrogens is 330 g/mol. The second kappa shape index (κ2) is 7.47. The summed E-state index contributed by atoms with van der Waals surface area (Å²) in [5, 5.41) is 13.6. The molecule has 24 heavy (non-hydrogen) atoms. The van der Waals surface area contributed by atoms with Crippen LogP contribution >= 0.6 is 11.3 Å². The molecule has 128 valence electrons. The van der Waals surface area contributed by atoms with E-state index >= 15 is 0 Å². The lowest BCUT2D eigenvalue weighted by Gasteiger charge is -2.22. The van der Waals surface area contributed by atoms with Crippen LogP contribution in [0.4, 0.5) is 0 Å². The minimum Gasteiger partial charge on any atom is -0.341 e. The van der Waals surface area contributed by atoms with E-state index < -0.39 is 0 Å². The van der Waals surface area contributed by atoms with Crippen LogP contribution in [0.25, 0.3) is 0 Å². The molecule has 10 heteroatoms. The maximum absolute atomic E-state index is 12.4. The Bertz CT molecular complexity index is 700. The Morgan fingerprint density at radius 2 is 1.92 bits per heavy atom. The zero-order chi connectivity index (χ0) is 16.9. The van der Waals surface area contributed by atoms with Gasteiger partial charge in [-0.1, -0.05) is 0 Å². The van der Waals surface area contributed by atoms with E-state index in [0.717, 1.165) is 17.1 Å². The van der Waals surface area contributed by atoms with Crippen molar-refractivity contribution >= 4 is 23.2 Å². The van der Waals surface area contributed by atoms with Gasteiger partial charge < -0.3 is 9.80 Å². The highest BCUT2D eigenvalue weighted by molar-refractivity contribution is 7.09. The van der Waals surface area contributed by atoms with Crippen molar-refractivity contribution < 1.29 is 9.59 Å². The highest BCUT2D eigenvalue weighted by atomic mass is 32.1. The number of hydrogen-bond acceptors (Lipinski definition) is 7. The number of rotatable bonds is 4. The molecular formula is C14H19N7O2S. The predicted molar refractivity (Wildman–Crippen MR) is 86.1 cm³/mol. The first-order valence-corrected chi connectivity index (χ1v) is 8.67. The highest BCUT2D eigenvalue weighted by Crippen LogP contribution is 2.11. The number of tetrazole rings is 1. The summed E-state index contributed by atoms with van der Waals surface area (Å²) in [6.07, 6.45) is 2.51. The zero-order valence-electron chi connectivity index (χ0n) is 13.5. The molecule has 1 aliphatic heterocycles. The molecule has 9 nitrogen and oxygen atoms in total. The van der Waals surface area contributed by atoms with Crippen molar-refractivity contribution in [2.24, 2.45) is 0 Å². The lowest BCUT2D eigenvalue weighted by atomic mass is 10.3. The third-order valence-corrected chi connectivity index (χ3v) is 4.71. The second-order valence-electron chi connectivity index (χ2n) is 5.66. The second-order valence-corrected chi connectivity index (χ2v) is 6.72. The molecule has 0 radical (unpaired) electrons. The smallest absolute Gasteiger partial charge is 0.244 e. The largest absolute Gasteiger partial charge is 0.341 e. The number of carbonyl (C=O) groups is 2. The van der Waals surface area contributed by atoms with E-state index in [1.165, 1.54) is 11.0 Å². The average molecular weight is 349 g/mol. The van der Waals surface area contributed by atoms with Gasteiger partial charge in [-0.05, 0) is 23.8 Å². The van der Waals surface area contributed by atoms with Gasteiger partial charge in [0.2, 0.25) is 11.8 Å². The first-order chi connectivity index (χ1) is 11.6. The van der Waals surface area contributed by atoms with Crippen molar-refractivity contribution in [3.05, 3.63) is 22.4 Å². The molecule has 3 heterocycles. The van der Waals surface area contributed by atoms with E-state index in [1.807, 2.05) is 17.2 Å². The fourth-order valence-corrected chi connectivity index (χ4v) is 3.28. The van der Waals surface area contributed by atoms with Crippen LogP contribution in [0.2, 0.25) is 0 Å². The third kappa shape index (κ3) is 4.13. The fourth-order valence-electron chi connectivity index (χ4n) is 2.66. The van der Waals surface area contributed by atoms with Crippen LogP contribution in [0, 0.1) is 6.92 Å². The van der Waals surface area contributed by atoms with Crippen LogP contribution in [-0.2, 0) is 22.6 Å². The van der Waals surface area contributed by atoms with E-state index in [2.05, 4.69) is 20.5 Å². The van der Waals surface area contributed by atoms with Crippen molar-refractivity contribution in [3.8, 4) is 0 Å². The van der Waals surface area contributed by atoms with E-state index in [-0.39, 0.29) is 18.4 Å². The van der Waals surface area contributed by atoms with Gasteiger partial charge in [-0.3, -0.25) is 9.59 Å². The number of amides is 2. The van der Waals surface area contributed by atoms with Gasteiger partial charge in [-0.25, -0.2) is 9.67 Å². The molecule has 3 rings (SSSR count). The Labute approximate surface area is 143 Å². The van der Waals surface area contributed by atoms with Crippen LogP contribution in [0.15, 0.2) is 11.7 Å². The molecule has 0 aromatic carbocycles. The lowest BCUT2D eigenvalue weighted by molar-refractivity contribution is -0.133. The van der Waals surface area contributed by atoms with E-state index in [1.54, 1.807) is 16.2 Å². The summed E-state index contributed by atoms with van der Waals surface area (Å²) in [6.45, 7) is 4.43. The monoisotopic (exact) mass is 349 g/mol. The van der Waals surface area contributed by atoms with Gasteiger partial charge >= 0.3 is 0 Å². The van der Waals surface area contributed by atoms with Crippen LogP contribution in [0.3, 0.4) is 0 Å². The molecule has 2 aromatic rings. The Morgan fingerprint density at radius 1 is 1.17 bits per heavy atom. The van der Waals surface area contributed by atoms with Crippen molar-refractivity contribution in [2.45, 2.75) is 26.3 Å². The summed E-state index contributed by atoms with van der Waals surface area (Å²) in [5.74, 6) is 0.0294. The first kappa shape index (κ1) is 16.5. The topological polar surface area (TPSA) is 97.1 Å². The number of thiazole rings is 1. The normalized spacial score (nSPS) is 15.4. The first-order valence-electron chi connectivity index (χ1n) is 7.79. The van der Waals surface area contributed by atoms with Crippen LogP contribution in [0.5, 0.6) is 0 Å². The van der Waals surface area contributed by atoms with Gasteiger partial charge in [0.15, 0.2) is 0 Å². The van der Waals surface area contributed by atoms with E-state index in [4.69, 9.17) is 0 Å². The summed E-state index contributed by atoms with van der Waals surface area (Å²) < 4.78 is 1.40. The quantitative estimate of drug-likeness (QED) is 0.754. The fraction of sp³-hybridized carbons (Fsp3) is 0.571. The van der Waals surface area contributed by atoms with Crippen molar-refractivity contribution in [1.29, 1.82) is 0 Å². The zero-order valence-corrected chi connectivity index (χ0v) is 14.3. The molecule has 0 unspecified atom stereocenters. The summed E-state index contributed by atoms with van der Waals surface area (Å²) >= 11 is 1.55. The minimum atomic E-state index is -0.0354. The summed E-state index contributed by atoms with van der Waals surface area (Å²) in [7, 11) is 0. The summed E-state index contributed by atoms with van der Waals surface area (Å²) in [4.78, 5) is 32.6. The molecule has 0 aliphatic carbocycles. The van der Waals surface area contributed by atoms with Gasteiger partial charge in [0.1, 0.15) is 12.9 Å². The van der Waals surface area contributed by atoms with Gasteiger partial charge in [0.05, 0.1) is 17.1 Å². The summed E-state index contributed by atoms with van der Waals surface area (Å²) in [6, 6.07) is 0. The molecule has 1 saturated heterocycles. The molecule has 0 spiro atoms. The molecule has 2 aromatic heterocycles. The molecule has 0 atom stereocenters. The molecule has 0 N–H and O–H groups in total. The maximum Gasteiger partial charge on any atom is 0.244 e.